The average molecular weight is 261 g/mol. The second-order valence-electron chi connectivity index (χ2n) is 3.85. The fourth-order valence-electron chi connectivity index (χ4n) is 1.68. The van der Waals surface area contributed by atoms with Crippen molar-refractivity contribution in [3.63, 3.8) is 0 Å². The minimum absolute atomic E-state index is 0.0654. The summed E-state index contributed by atoms with van der Waals surface area (Å²) in [5, 5.41) is 0.149. The van der Waals surface area contributed by atoms with E-state index in [4.69, 9.17) is 22.2 Å². The first-order chi connectivity index (χ1) is 8.10. The molecule has 0 radical (unpaired) electrons. The summed E-state index contributed by atoms with van der Waals surface area (Å²) in [5.74, 6) is 5.06. The van der Waals surface area contributed by atoms with Gasteiger partial charge in [0.15, 0.2) is 0 Å². The van der Waals surface area contributed by atoms with Crippen LogP contribution in [0.5, 0.6) is 0 Å². The topological polar surface area (TPSA) is 47.3 Å². The molecule has 2 atom stereocenters. The number of nitrogens with one attached hydrogen (secondary N) is 1. The van der Waals surface area contributed by atoms with Crippen molar-refractivity contribution < 1.29 is 9.13 Å². The molecule has 0 amide bonds. The molecule has 0 spiro atoms. The first kappa shape index (κ1) is 14.4. The Kier molecular flexibility index (Phi) is 5.85. The summed E-state index contributed by atoms with van der Waals surface area (Å²) in [6, 6.07) is 4.65. The molecule has 0 heterocycles. The molecule has 0 aliphatic carbocycles. The number of hydrogen-bond acceptors (Lipinski definition) is 3. The Hall–Kier alpha value is -0.680. The molecule has 0 bridgehead atoms. The third-order valence-electron chi connectivity index (χ3n) is 2.68. The number of nitrogens with two attached hydrogens (primary N) is 1. The van der Waals surface area contributed by atoms with Crippen LogP contribution in [-0.4, -0.2) is 18.8 Å². The van der Waals surface area contributed by atoms with Crippen molar-refractivity contribution in [1.82, 2.24) is 5.43 Å². The quantitative estimate of drug-likeness (QED) is 0.609. The first-order valence-electron chi connectivity index (χ1n) is 5.60. The molecule has 0 aliphatic heterocycles. The molecule has 5 heteroatoms. The zero-order chi connectivity index (χ0) is 12.8. The summed E-state index contributed by atoms with van der Waals surface area (Å²) in [6.07, 6.45) is 0.457. The average Bonchev–Trinajstić information content (AvgIpc) is 2.31. The smallest absolute Gasteiger partial charge is 0.142 e. The molecule has 96 valence electrons. The largest absolute Gasteiger partial charge is 0.377 e. The second-order valence-corrected chi connectivity index (χ2v) is 4.23. The Labute approximate surface area is 106 Å². The number of hydrazine groups is 1. The van der Waals surface area contributed by atoms with Gasteiger partial charge in [-0.3, -0.25) is 11.3 Å². The molecule has 0 saturated carbocycles. The number of hydrogen-bond donors (Lipinski definition) is 2. The van der Waals surface area contributed by atoms with E-state index in [1.165, 1.54) is 6.07 Å². The highest BCUT2D eigenvalue weighted by atomic mass is 35.5. The lowest BCUT2D eigenvalue weighted by molar-refractivity contribution is 0.0476. The van der Waals surface area contributed by atoms with Crippen molar-refractivity contribution in [2.45, 2.75) is 32.4 Å². The fraction of sp³-hybridized carbons (Fsp3) is 0.500. The summed E-state index contributed by atoms with van der Waals surface area (Å²) in [4.78, 5) is 0. The van der Waals surface area contributed by atoms with Gasteiger partial charge in [0.1, 0.15) is 5.82 Å². The highest BCUT2D eigenvalue weighted by Crippen LogP contribution is 2.21. The molecular formula is C12H18ClFN2O. The Morgan fingerprint density at radius 3 is 2.82 bits per heavy atom. The number of benzene rings is 1. The van der Waals surface area contributed by atoms with E-state index in [9.17, 15) is 4.39 Å². The van der Waals surface area contributed by atoms with Crippen LogP contribution in [0.2, 0.25) is 5.02 Å². The van der Waals surface area contributed by atoms with Crippen molar-refractivity contribution in [2.75, 3.05) is 6.61 Å². The van der Waals surface area contributed by atoms with E-state index in [1.807, 2.05) is 13.8 Å². The summed E-state index contributed by atoms with van der Waals surface area (Å²) >= 11 is 5.89. The highest BCUT2D eigenvalue weighted by molar-refractivity contribution is 6.31. The summed E-state index contributed by atoms with van der Waals surface area (Å²) in [7, 11) is 0. The van der Waals surface area contributed by atoms with Gasteiger partial charge in [0.25, 0.3) is 0 Å². The number of rotatable bonds is 6. The van der Waals surface area contributed by atoms with Gasteiger partial charge in [0, 0.05) is 6.61 Å². The molecule has 0 aromatic heterocycles. The molecular weight excluding hydrogens is 243 g/mol. The summed E-state index contributed by atoms with van der Waals surface area (Å²) in [6.45, 7) is 4.44. The van der Waals surface area contributed by atoms with Crippen molar-refractivity contribution in [3.8, 4) is 0 Å². The predicted molar refractivity (Wildman–Crippen MR) is 67.3 cm³/mol. The van der Waals surface area contributed by atoms with E-state index in [1.54, 1.807) is 12.1 Å². The minimum Gasteiger partial charge on any atom is -0.377 e. The van der Waals surface area contributed by atoms with E-state index < -0.39 is 5.82 Å². The van der Waals surface area contributed by atoms with Gasteiger partial charge in [-0.05, 0) is 31.9 Å². The van der Waals surface area contributed by atoms with Gasteiger partial charge in [-0.15, -0.1) is 0 Å². The SMILES string of the molecule is CCOC(C)C(Cc1cccc(F)c1Cl)NN. The van der Waals surface area contributed by atoms with Gasteiger partial charge < -0.3 is 4.74 Å². The lowest BCUT2D eigenvalue weighted by Crippen LogP contribution is -2.45. The van der Waals surface area contributed by atoms with E-state index in [-0.39, 0.29) is 17.2 Å². The van der Waals surface area contributed by atoms with Gasteiger partial charge in [-0.25, -0.2) is 4.39 Å². The maximum Gasteiger partial charge on any atom is 0.142 e. The molecule has 0 saturated heterocycles. The summed E-state index contributed by atoms with van der Waals surface area (Å²) in [5.41, 5.74) is 3.40. The van der Waals surface area contributed by atoms with Gasteiger partial charge in [0.2, 0.25) is 0 Å². The second kappa shape index (κ2) is 6.91. The molecule has 17 heavy (non-hydrogen) atoms. The maximum absolute atomic E-state index is 13.3. The van der Waals surface area contributed by atoms with Gasteiger partial charge >= 0.3 is 0 Å². The van der Waals surface area contributed by atoms with Crippen molar-refractivity contribution in [3.05, 3.63) is 34.6 Å². The molecule has 0 fully saturated rings. The van der Waals surface area contributed by atoms with Crippen LogP contribution in [0.25, 0.3) is 0 Å². The molecule has 3 nitrogen and oxygen atoms in total. The fourth-order valence-corrected chi connectivity index (χ4v) is 1.89. The molecule has 2 unspecified atom stereocenters. The van der Waals surface area contributed by atoms with Crippen LogP contribution >= 0.6 is 11.6 Å². The van der Waals surface area contributed by atoms with Crippen LogP contribution in [0, 0.1) is 5.82 Å². The third kappa shape index (κ3) is 3.92. The number of halogens is 2. The number of ether oxygens (including phenoxy) is 1. The van der Waals surface area contributed by atoms with Gasteiger partial charge in [0.05, 0.1) is 17.2 Å². The Bertz CT molecular complexity index is 362. The van der Waals surface area contributed by atoms with E-state index in [0.29, 0.717) is 13.0 Å². The first-order valence-corrected chi connectivity index (χ1v) is 5.98. The van der Waals surface area contributed by atoms with Crippen LogP contribution < -0.4 is 11.3 Å². The van der Waals surface area contributed by atoms with Gasteiger partial charge in [-0.2, -0.15) is 0 Å². The monoisotopic (exact) mass is 260 g/mol. The lowest BCUT2D eigenvalue weighted by atomic mass is 10.0. The van der Waals surface area contributed by atoms with Gasteiger partial charge in [-0.1, -0.05) is 23.7 Å². The van der Waals surface area contributed by atoms with Crippen LogP contribution in [0.15, 0.2) is 18.2 Å². The van der Waals surface area contributed by atoms with Crippen LogP contribution in [0.1, 0.15) is 19.4 Å². The van der Waals surface area contributed by atoms with Crippen molar-refractivity contribution >= 4 is 11.6 Å². The maximum atomic E-state index is 13.3. The van der Waals surface area contributed by atoms with Crippen molar-refractivity contribution in [1.29, 1.82) is 0 Å². The predicted octanol–water partition coefficient (Wildman–Crippen LogP) is 2.28. The normalized spacial score (nSPS) is 14.6. The molecule has 1 aromatic rings. The third-order valence-corrected chi connectivity index (χ3v) is 3.10. The minimum atomic E-state index is -0.413. The highest BCUT2D eigenvalue weighted by Gasteiger charge is 2.18. The molecule has 0 aliphatic rings. The Morgan fingerprint density at radius 1 is 1.53 bits per heavy atom. The molecule has 3 N–H and O–H groups in total. The zero-order valence-electron chi connectivity index (χ0n) is 10.0. The summed E-state index contributed by atoms with van der Waals surface area (Å²) < 4.78 is 18.7. The van der Waals surface area contributed by atoms with E-state index >= 15 is 0 Å². The molecule has 1 aromatic carbocycles. The van der Waals surface area contributed by atoms with Crippen LogP contribution in [-0.2, 0) is 11.2 Å². The van der Waals surface area contributed by atoms with E-state index in [2.05, 4.69) is 5.43 Å². The Balaban J connectivity index is 2.77. The van der Waals surface area contributed by atoms with Crippen LogP contribution in [0.3, 0.4) is 0 Å². The molecule has 1 rings (SSSR count). The van der Waals surface area contributed by atoms with E-state index in [0.717, 1.165) is 5.56 Å². The van der Waals surface area contributed by atoms with Crippen molar-refractivity contribution in [2.24, 2.45) is 5.84 Å². The van der Waals surface area contributed by atoms with Crippen LogP contribution in [0.4, 0.5) is 4.39 Å². The Morgan fingerprint density at radius 2 is 2.24 bits per heavy atom. The standard InChI is InChI=1S/C12H18ClFN2O/c1-3-17-8(2)11(16-15)7-9-5-4-6-10(14)12(9)13/h4-6,8,11,16H,3,7,15H2,1-2H3. The zero-order valence-corrected chi connectivity index (χ0v) is 10.8. The lowest BCUT2D eigenvalue weighted by Gasteiger charge is -2.23.